The van der Waals surface area contributed by atoms with E-state index in [9.17, 15) is 19.2 Å². The summed E-state index contributed by atoms with van der Waals surface area (Å²) in [5, 5.41) is 8.77. The van der Waals surface area contributed by atoms with Crippen LogP contribution in [0.5, 0.6) is 0 Å². The molecule has 34 heavy (non-hydrogen) atoms. The zero-order valence-electron chi connectivity index (χ0n) is 20.8. The molecule has 192 valence electrons. The number of morpholine rings is 1. The Kier molecular flexibility index (Phi) is 9.74. The third kappa shape index (κ3) is 6.93. The molecule has 3 fully saturated rings. The van der Waals surface area contributed by atoms with Crippen LogP contribution in [0.3, 0.4) is 0 Å². The van der Waals surface area contributed by atoms with E-state index in [4.69, 9.17) is 4.74 Å². The van der Waals surface area contributed by atoms with Gasteiger partial charge in [0.15, 0.2) is 0 Å². The lowest BCUT2D eigenvalue weighted by Gasteiger charge is -2.39. The normalized spacial score (nSPS) is 22.5. The van der Waals surface area contributed by atoms with E-state index < -0.39 is 23.3 Å². The van der Waals surface area contributed by atoms with E-state index in [1.807, 2.05) is 13.8 Å². The SMILES string of the molecule is CCC(C)C[C@H](NC(=O)C1(NC(=O)N2CCOCC2)CCCCC1)C(=O)C(=O)NC1CCCC1. The summed E-state index contributed by atoms with van der Waals surface area (Å²) in [7, 11) is 0. The summed E-state index contributed by atoms with van der Waals surface area (Å²) in [6, 6.07) is -1.14. The van der Waals surface area contributed by atoms with E-state index in [1.165, 1.54) is 0 Å². The van der Waals surface area contributed by atoms with Crippen LogP contribution in [-0.4, -0.2) is 72.5 Å². The Morgan fingerprint density at radius 2 is 1.65 bits per heavy atom. The fraction of sp³-hybridized carbons (Fsp3) is 0.840. The summed E-state index contributed by atoms with van der Waals surface area (Å²) in [4.78, 5) is 54.1. The number of carbonyl (C=O) groups is 4. The molecule has 1 saturated heterocycles. The molecular weight excluding hydrogens is 436 g/mol. The minimum Gasteiger partial charge on any atom is -0.378 e. The molecule has 0 radical (unpaired) electrons. The quantitative estimate of drug-likeness (QED) is 0.440. The van der Waals surface area contributed by atoms with E-state index in [0.29, 0.717) is 45.6 Å². The highest BCUT2D eigenvalue weighted by atomic mass is 16.5. The number of rotatable bonds is 9. The van der Waals surface area contributed by atoms with Gasteiger partial charge in [-0.3, -0.25) is 14.4 Å². The average molecular weight is 479 g/mol. The van der Waals surface area contributed by atoms with Gasteiger partial charge in [0, 0.05) is 19.1 Å². The van der Waals surface area contributed by atoms with Gasteiger partial charge in [-0.25, -0.2) is 4.79 Å². The fourth-order valence-electron chi connectivity index (χ4n) is 5.20. The van der Waals surface area contributed by atoms with Crippen molar-refractivity contribution in [3.8, 4) is 0 Å². The van der Waals surface area contributed by atoms with E-state index in [1.54, 1.807) is 4.90 Å². The predicted molar refractivity (Wildman–Crippen MR) is 128 cm³/mol. The molecule has 2 atom stereocenters. The molecule has 9 heteroatoms. The molecule has 1 heterocycles. The van der Waals surface area contributed by atoms with Crippen molar-refractivity contribution in [2.24, 2.45) is 5.92 Å². The molecule has 3 aliphatic rings. The van der Waals surface area contributed by atoms with Gasteiger partial charge in [0.05, 0.1) is 19.3 Å². The smallest absolute Gasteiger partial charge is 0.318 e. The second-order valence-corrected chi connectivity index (χ2v) is 10.3. The number of ketones is 1. The maximum absolute atomic E-state index is 13.6. The lowest BCUT2D eigenvalue weighted by molar-refractivity contribution is -0.141. The van der Waals surface area contributed by atoms with Crippen LogP contribution in [0, 0.1) is 5.92 Å². The first-order valence-electron chi connectivity index (χ1n) is 13.1. The van der Waals surface area contributed by atoms with E-state index in [-0.39, 0.29) is 23.9 Å². The molecule has 2 saturated carbocycles. The van der Waals surface area contributed by atoms with Gasteiger partial charge in [0.1, 0.15) is 5.54 Å². The number of carbonyl (C=O) groups excluding carboxylic acids is 4. The maximum atomic E-state index is 13.6. The van der Waals surface area contributed by atoms with Crippen molar-refractivity contribution in [2.45, 2.75) is 102 Å². The van der Waals surface area contributed by atoms with Crippen LogP contribution in [0.15, 0.2) is 0 Å². The molecule has 3 N–H and O–H groups in total. The Morgan fingerprint density at radius 3 is 2.26 bits per heavy atom. The Labute approximate surface area is 203 Å². The number of hydrogen-bond donors (Lipinski definition) is 3. The number of ether oxygens (including phenoxy) is 1. The zero-order valence-corrected chi connectivity index (χ0v) is 20.8. The number of urea groups is 1. The zero-order chi connectivity index (χ0) is 24.6. The second kappa shape index (κ2) is 12.5. The summed E-state index contributed by atoms with van der Waals surface area (Å²) in [5.74, 6) is -1.40. The summed E-state index contributed by atoms with van der Waals surface area (Å²) in [6.07, 6.45) is 8.80. The van der Waals surface area contributed by atoms with Gasteiger partial charge in [0.2, 0.25) is 11.7 Å². The predicted octanol–water partition coefficient (Wildman–Crippen LogP) is 2.28. The second-order valence-electron chi connectivity index (χ2n) is 10.3. The highest BCUT2D eigenvalue weighted by Gasteiger charge is 2.44. The fourth-order valence-corrected chi connectivity index (χ4v) is 5.20. The van der Waals surface area contributed by atoms with Gasteiger partial charge in [-0.05, 0) is 38.0 Å². The van der Waals surface area contributed by atoms with Crippen molar-refractivity contribution in [2.75, 3.05) is 26.3 Å². The molecule has 3 rings (SSSR count). The third-order valence-electron chi connectivity index (χ3n) is 7.66. The minimum atomic E-state index is -1.07. The first-order chi connectivity index (χ1) is 16.3. The largest absolute Gasteiger partial charge is 0.378 e. The van der Waals surface area contributed by atoms with E-state index >= 15 is 0 Å². The molecule has 0 aromatic carbocycles. The summed E-state index contributed by atoms with van der Waals surface area (Å²) < 4.78 is 5.33. The molecule has 0 bridgehead atoms. The van der Waals surface area contributed by atoms with Crippen LogP contribution in [0.2, 0.25) is 0 Å². The Bertz CT molecular complexity index is 725. The van der Waals surface area contributed by atoms with Gasteiger partial charge in [-0.15, -0.1) is 0 Å². The number of Topliss-reactive ketones (excluding diaryl/α,β-unsaturated/α-hetero) is 1. The summed E-state index contributed by atoms with van der Waals surface area (Å²) in [6.45, 7) is 5.97. The van der Waals surface area contributed by atoms with Crippen LogP contribution in [-0.2, 0) is 19.1 Å². The molecular formula is C25H42N4O5. The number of hydrogen-bond acceptors (Lipinski definition) is 5. The van der Waals surface area contributed by atoms with Crippen molar-refractivity contribution >= 4 is 23.6 Å². The lowest BCUT2D eigenvalue weighted by atomic mass is 9.80. The molecule has 2 aliphatic carbocycles. The van der Waals surface area contributed by atoms with E-state index in [0.717, 1.165) is 51.4 Å². The van der Waals surface area contributed by atoms with Gasteiger partial charge in [-0.1, -0.05) is 52.4 Å². The molecule has 4 amide bonds. The van der Waals surface area contributed by atoms with E-state index in [2.05, 4.69) is 16.0 Å². The molecule has 0 aromatic rings. The van der Waals surface area contributed by atoms with Gasteiger partial charge in [-0.2, -0.15) is 0 Å². The van der Waals surface area contributed by atoms with Crippen LogP contribution in [0.1, 0.15) is 84.5 Å². The van der Waals surface area contributed by atoms with Crippen molar-refractivity contribution in [3.05, 3.63) is 0 Å². The Hall–Kier alpha value is -2.16. The third-order valence-corrected chi connectivity index (χ3v) is 7.66. The molecule has 9 nitrogen and oxygen atoms in total. The highest BCUT2D eigenvalue weighted by molar-refractivity contribution is 6.38. The lowest BCUT2D eigenvalue weighted by Crippen LogP contribution is -2.65. The Morgan fingerprint density at radius 1 is 1.00 bits per heavy atom. The van der Waals surface area contributed by atoms with Gasteiger partial charge in [0.25, 0.3) is 5.91 Å². The van der Waals surface area contributed by atoms with Crippen molar-refractivity contribution in [1.82, 2.24) is 20.9 Å². The highest BCUT2D eigenvalue weighted by Crippen LogP contribution is 2.29. The van der Waals surface area contributed by atoms with Crippen LogP contribution in [0.25, 0.3) is 0 Å². The first kappa shape index (κ1) is 26.4. The number of amides is 4. The maximum Gasteiger partial charge on any atom is 0.318 e. The average Bonchev–Trinajstić information content (AvgIpc) is 3.37. The standard InChI is InChI=1S/C25H42N4O5/c1-3-18(2)17-20(21(30)22(31)26-19-9-5-6-10-19)27-23(32)25(11-7-4-8-12-25)28-24(33)29-13-15-34-16-14-29/h18-20H,3-17H2,1-2H3,(H,26,31)(H,27,32)(H,28,33)/t18?,20-/m0/s1. The number of nitrogens with zero attached hydrogens (tertiary/aromatic N) is 1. The van der Waals surface area contributed by atoms with Crippen molar-refractivity contribution < 1.29 is 23.9 Å². The van der Waals surface area contributed by atoms with Crippen molar-refractivity contribution in [1.29, 1.82) is 0 Å². The van der Waals surface area contributed by atoms with Crippen LogP contribution in [0.4, 0.5) is 4.79 Å². The van der Waals surface area contributed by atoms with Crippen LogP contribution >= 0.6 is 0 Å². The molecule has 0 spiro atoms. The topological polar surface area (TPSA) is 117 Å². The summed E-state index contributed by atoms with van der Waals surface area (Å²) >= 11 is 0. The molecule has 1 unspecified atom stereocenters. The first-order valence-corrected chi connectivity index (χ1v) is 13.1. The number of nitrogens with one attached hydrogen (secondary N) is 3. The van der Waals surface area contributed by atoms with Gasteiger partial charge >= 0.3 is 6.03 Å². The monoisotopic (exact) mass is 478 g/mol. The van der Waals surface area contributed by atoms with Gasteiger partial charge < -0.3 is 25.6 Å². The van der Waals surface area contributed by atoms with Crippen LogP contribution < -0.4 is 16.0 Å². The molecule has 1 aliphatic heterocycles. The summed E-state index contributed by atoms with van der Waals surface area (Å²) in [5.41, 5.74) is -1.07. The van der Waals surface area contributed by atoms with Crippen molar-refractivity contribution in [3.63, 3.8) is 0 Å². The minimum absolute atomic E-state index is 0.0360. The molecule has 0 aromatic heterocycles. The Balaban J connectivity index is 1.72.